The molecule has 2 saturated heterocycles. The predicted octanol–water partition coefficient (Wildman–Crippen LogP) is 3.38. The maximum Gasteiger partial charge on any atom is -0.00156 e. The third-order valence-electron chi connectivity index (χ3n) is 4.59. The van der Waals surface area contributed by atoms with Gasteiger partial charge in [0.1, 0.15) is 0 Å². The number of nitrogens with one attached hydrogen (secondary N) is 1. The Hall–Kier alpha value is -0.0800. The first-order chi connectivity index (χ1) is 8.75. The maximum absolute atomic E-state index is 3.46. The van der Waals surface area contributed by atoms with E-state index in [2.05, 4.69) is 24.1 Å². The van der Waals surface area contributed by atoms with Gasteiger partial charge in [-0.25, -0.2) is 0 Å². The lowest BCUT2D eigenvalue weighted by Crippen LogP contribution is -2.36. The standard InChI is InChI=1S/C14H28N2.C2H6/c1-12(2)14-5-9-16(10-6-14)8-4-13-3-7-15-11-13;1-2/h12-15H,3-11H2,1-2H3;1-2H3/t13-;/m0./s1. The van der Waals surface area contributed by atoms with Crippen LogP contribution in [0.15, 0.2) is 0 Å². The van der Waals surface area contributed by atoms with E-state index in [0.29, 0.717) is 0 Å². The van der Waals surface area contributed by atoms with Crippen molar-refractivity contribution in [1.29, 1.82) is 0 Å². The number of likely N-dealkylation sites (tertiary alicyclic amines) is 1. The normalized spacial score (nSPS) is 26.2. The molecule has 0 aliphatic carbocycles. The van der Waals surface area contributed by atoms with Gasteiger partial charge in [-0.2, -0.15) is 0 Å². The van der Waals surface area contributed by atoms with Crippen molar-refractivity contribution in [3.05, 3.63) is 0 Å². The molecule has 0 spiro atoms. The quantitative estimate of drug-likeness (QED) is 0.827. The van der Waals surface area contributed by atoms with Crippen LogP contribution >= 0.6 is 0 Å². The largest absolute Gasteiger partial charge is 0.316 e. The zero-order chi connectivity index (χ0) is 13.4. The highest BCUT2D eigenvalue weighted by atomic mass is 15.1. The minimum Gasteiger partial charge on any atom is -0.316 e. The SMILES string of the molecule is CC.CC(C)C1CCN(CC[C@@H]2CCNC2)CC1. The predicted molar refractivity (Wildman–Crippen MR) is 80.9 cm³/mol. The Morgan fingerprint density at radius 3 is 2.28 bits per heavy atom. The summed E-state index contributed by atoms with van der Waals surface area (Å²) in [6.45, 7) is 15.3. The van der Waals surface area contributed by atoms with Crippen LogP contribution in [0.25, 0.3) is 0 Å². The molecule has 2 heteroatoms. The van der Waals surface area contributed by atoms with Crippen LogP contribution < -0.4 is 5.32 Å². The van der Waals surface area contributed by atoms with E-state index in [1.807, 2.05) is 13.8 Å². The van der Waals surface area contributed by atoms with E-state index in [4.69, 9.17) is 0 Å². The van der Waals surface area contributed by atoms with Crippen molar-refractivity contribution in [2.45, 2.75) is 53.4 Å². The van der Waals surface area contributed by atoms with Crippen LogP contribution in [0.2, 0.25) is 0 Å². The van der Waals surface area contributed by atoms with Gasteiger partial charge in [-0.15, -0.1) is 0 Å². The van der Waals surface area contributed by atoms with Gasteiger partial charge in [0.25, 0.3) is 0 Å². The summed E-state index contributed by atoms with van der Waals surface area (Å²) >= 11 is 0. The summed E-state index contributed by atoms with van der Waals surface area (Å²) in [7, 11) is 0. The Balaban J connectivity index is 0.000000771. The van der Waals surface area contributed by atoms with Crippen molar-refractivity contribution in [2.75, 3.05) is 32.7 Å². The lowest BCUT2D eigenvalue weighted by molar-refractivity contribution is 0.151. The van der Waals surface area contributed by atoms with E-state index in [0.717, 1.165) is 17.8 Å². The van der Waals surface area contributed by atoms with Gasteiger partial charge >= 0.3 is 0 Å². The molecular formula is C16H34N2. The molecular weight excluding hydrogens is 220 g/mol. The van der Waals surface area contributed by atoms with Crippen molar-refractivity contribution >= 4 is 0 Å². The summed E-state index contributed by atoms with van der Waals surface area (Å²) in [5.74, 6) is 2.84. The highest BCUT2D eigenvalue weighted by Crippen LogP contribution is 2.25. The first-order valence-electron chi connectivity index (χ1n) is 8.19. The fourth-order valence-electron chi connectivity index (χ4n) is 3.17. The van der Waals surface area contributed by atoms with Crippen LogP contribution in [-0.4, -0.2) is 37.6 Å². The van der Waals surface area contributed by atoms with Gasteiger partial charge in [0, 0.05) is 0 Å². The van der Waals surface area contributed by atoms with Gasteiger partial charge in [-0.3, -0.25) is 0 Å². The Bertz CT molecular complexity index is 189. The zero-order valence-corrected chi connectivity index (χ0v) is 13.0. The summed E-state index contributed by atoms with van der Waals surface area (Å²) in [6.07, 6.45) is 5.68. The molecule has 0 radical (unpaired) electrons. The Morgan fingerprint density at radius 2 is 1.78 bits per heavy atom. The molecule has 2 rings (SSSR count). The molecule has 2 aliphatic heterocycles. The molecule has 0 bridgehead atoms. The third kappa shape index (κ3) is 5.27. The Labute approximate surface area is 115 Å². The Kier molecular flexibility index (Phi) is 7.92. The van der Waals surface area contributed by atoms with E-state index in [1.165, 1.54) is 58.4 Å². The second kappa shape index (κ2) is 8.92. The van der Waals surface area contributed by atoms with E-state index < -0.39 is 0 Å². The zero-order valence-electron chi connectivity index (χ0n) is 13.0. The average Bonchev–Trinajstić information content (AvgIpc) is 2.92. The van der Waals surface area contributed by atoms with E-state index in [1.54, 1.807) is 0 Å². The summed E-state index contributed by atoms with van der Waals surface area (Å²) in [4.78, 5) is 2.69. The molecule has 0 saturated carbocycles. The van der Waals surface area contributed by atoms with E-state index in [-0.39, 0.29) is 0 Å². The van der Waals surface area contributed by atoms with Crippen molar-refractivity contribution < 1.29 is 0 Å². The van der Waals surface area contributed by atoms with Crippen molar-refractivity contribution in [1.82, 2.24) is 10.2 Å². The summed E-state index contributed by atoms with van der Waals surface area (Å²) in [5.41, 5.74) is 0. The molecule has 18 heavy (non-hydrogen) atoms. The van der Waals surface area contributed by atoms with Crippen LogP contribution in [0.5, 0.6) is 0 Å². The van der Waals surface area contributed by atoms with Gasteiger partial charge in [0.2, 0.25) is 0 Å². The van der Waals surface area contributed by atoms with Crippen molar-refractivity contribution in [2.24, 2.45) is 17.8 Å². The van der Waals surface area contributed by atoms with E-state index >= 15 is 0 Å². The van der Waals surface area contributed by atoms with Gasteiger partial charge in [0.05, 0.1) is 0 Å². The van der Waals surface area contributed by atoms with Gasteiger partial charge < -0.3 is 10.2 Å². The molecule has 0 amide bonds. The minimum atomic E-state index is 0.890. The smallest absolute Gasteiger partial charge is 0.00156 e. The van der Waals surface area contributed by atoms with Gasteiger partial charge in [-0.05, 0) is 76.2 Å². The summed E-state index contributed by atoms with van der Waals surface area (Å²) < 4.78 is 0. The highest BCUT2D eigenvalue weighted by Gasteiger charge is 2.22. The van der Waals surface area contributed by atoms with Gasteiger partial charge in [-0.1, -0.05) is 27.7 Å². The van der Waals surface area contributed by atoms with Crippen LogP contribution in [0, 0.1) is 17.8 Å². The van der Waals surface area contributed by atoms with Crippen LogP contribution in [0.3, 0.4) is 0 Å². The van der Waals surface area contributed by atoms with Gasteiger partial charge in [0.15, 0.2) is 0 Å². The number of rotatable bonds is 4. The first-order valence-corrected chi connectivity index (χ1v) is 8.19. The maximum atomic E-state index is 3.46. The molecule has 1 atom stereocenters. The van der Waals surface area contributed by atoms with Crippen LogP contribution in [0.4, 0.5) is 0 Å². The second-order valence-electron chi connectivity index (χ2n) is 6.07. The first kappa shape index (κ1) is 16.0. The Morgan fingerprint density at radius 1 is 1.11 bits per heavy atom. The molecule has 2 heterocycles. The second-order valence-corrected chi connectivity index (χ2v) is 6.07. The molecule has 2 fully saturated rings. The average molecular weight is 254 g/mol. The number of hydrogen-bond donors (Lipinski definition) is 1. The molecule has 0 unspecified atom stereocenters. The minimum absolute atomic E-state index is 0.890. The molecule has 0 aromatic rings. The molecule has 1 N–H and O–H groups in total. The molecule has 0 aromatic heterocycles. The highest BCUT2D eigenvalue weighted by molar-refractivity contribution is 4.77. The summed E-state index contributed by atoms with van der Waals surface area (Å²) in [6, 6.07) is 0. The van der Waals surface area contributed by atoms with Crippen LogP contribution in [-0.2, 0) is 0 Å². The lowest BCUT2D eigenvalue weighted by atomic mass is 9.86. The molecule has 108 valence electrons. The van der Waals surface area contributed by atoms with Crippen molar-refractivity contribution in [3.63, 3.8) is 0 Å². The number of hydrogen-bond acceptors (Lipinski definition) is 2. The van der Waals surface area contributed by atoms with E-state index in [9.17, 15) is 0 Å². The fraction of sp³-hybridized carbons (Fsp3) is 1.00. The lowest BCUT2D eigenvalue weighted by Gasteiger charge is -2.34. The molecule has 0 aromatic carbocycles. The summed E-state index contributed by atoms with van der Waals surface area (Å²) in [5, 5.41) is 3.46. The van der Waals surface area contributed by atoms with Crippen LogP contribution in [0.1, 0.15) is 53.4 Å². The topological polar surface area (TPSA) is 15.3 Å². The van der Waals surface area contributed by atoms with Crippen molar-refractivity contribution in [3.8, 4) is 0 Å². The molecule has 2 aliphatic rings. The number of nitrogens with zero attached hydrogens (tertiary/aromatic N) is 1. The number of piperidine rings is 1. The monoisotopic (exact) mass is 254 g/mol. The third-order valence-corrected chi connectivity index (χ3v) is 4.59. The molecule has 2 nitrogen and oxygen atoms in total. The fourth-order valence-corrected chi connectivity index (χ4v) is 3.17.